The minimum absolute atomic E-state index is 0.0947. The predicted octanol–water partition coefficient (Wildman–Crippen LogP) is 0.727. The van der Waals surface area contributed by atoms with Crippen LogP contribution >= 0.6 is 0 Å². The fourth-order valence-electron chi connectivity index (χ4n) is 2.92. The van der Waals surface area contributed by atoms with Crippen LogP contribution in [0.5, 0.6) is 0 Å². The Bertz CT molecular complexity index is 706. The number of carbonyl (C=O) groups is 1. The van der Waals surface area contributed by atoms with Crippen molar-refractivity contribution in [2.75, 3.05) is 32.8 Å². The Balaban J connectivity index is 1.64. The van der Waals surface area contributed by atoms with Gasteiger partial charge in [0.1, 0.15) is 0 Å². The van der Waals surface area contributed by atoms with E-state index in [-0.39, 0.29) is 5.91 Å². The van der Waals surface area contributed by atoms with Crippen LogP contribution in [0.1, 0.15) is 23.0 Å². The lowest BCUT2D eigenvalue weighted by Crippen LogP contribution is -2.47. The van der Waals surface area contributed by atoms with E-state index in [9.17, 15) is 4.79 Å². The fourth-order valence-corrected chi connectivity index (χ4v) is 2.92. The molecule has 1 atom stereocenters. The molecule has 0 bridgehead atoms. The second kappa shape index (κ2) is 6.64. The van der Waals surface area contributed by atoms with Crippen LogP contribution in [0.2, 0.25) is 0 Å². The molecule has 0 aromatic carbocycles. The van der Waals surface area contributed by atoms with Gasteiger partial charge >= 0.3 is 0 Å². The molecule has 2 aromatic heterocycles. The molecule has 0 spiro atoms. The van der Waals surface area contributed by atoms with Gasteiger partial charge in [0.25, 0.3) is 5.91 Å². The monoisotopic (exact) mass is 317 g/mol. The van der Waals surface area contributed by atoms with Crippen molar-refractivity contribution < 1.29 is 9.53 Å². The normalized spacial score (nSPS) is 17.3. The van der Waals surface area contributed by atoms with Crippen molar-refractivity contribution >= 4 is 16.9 Å². The van der Waals surface area contributed by atoms with Gasteiger partial charge in [-0.2, -0.15) is 5.10 Å². The SMILES string of the molecule is Cc1nn(C)c2ncc(C(=O)NCC(C)N3CCOCC3)cc12. The van der Waals surface area contributed by atoms with Crippen LogP contribution in [0.3, 0.4) is 0 Å². The van der Waals surface area contributed by atoms with Crippen LogP contribution in [0.15, 0.2) is 12.3 Å². The number of ether oxygens (including phenoxy) is 1. The van der Waals surface area contributed by atoms with Crippen LogP contribution in [0, 0.1) is 6.92 Å². The van der Waals surface area contributed by atoms with E-state index in [0.717, 1.165) is 43.0 Å². The molecule has 1 aliphatic heterocycles. The van der Waals surface area contributed by atoms with Gasteiger partial charge in [-0.1, -0.05) is 0 Å². The van der Waals surface area contributed by atoms with E-state index in [1.807, 2.05) is 20.0 Å². The zero-order chi connectivity index (χ0) is 16.4. The second-order valence-electron chi connectivity index (χ2n) is 6.01. The summed E-state index contributed by atoms with van der Waals surface area (Å²) in [6.07, 6.45) is 1.61. The molecule has 3 rings (SSSR count). The maximum absolute atomic E-state index is 12.4. The molecule has 1 amide bonds. The van der Waals surface area contributed by atoms with Crippen molar-refractivity contribution in [1.29, 1.82) is 0 Å². The lowest BCUT2D eigenvalue weighted by Gasteiger charge is -2.32. The minimum atomic E-state index is -0.0947. The average Bonchev–Trinajstić information content (AvgIpc) is 2.87. The number of morpholine rings is 1. The molecular weight excluding hydrogens is 294 g/mol. The van der Waals surface area contributed by atoms with Crippen molar-refractivity contribution in [2.45, 2.75) is 19.9 Å². The van der Waals surface area contributed by atoms with Gasteiger partial charge in [0.05, 0.1) is 24.5 Å². The second-order valence-corrected chi connectivity index (χ2v) is 6.01. The lowest BCUT2D eigenvalue weighted by molar-refractivity contribution is 0.0204. The summed E-state index contributed by atoms with van der Waals surface area (Å²) < 4.78 is 7.08. The lowest BCUT2D eigenvalue weighted by atomic mass is 10.2. The average molecular weight is 317 g/mol. The summed E-state index contributed by atoms with van der Waals surface area (Å²) in [7, 11) is 1.85. The Labute approximate surface area is 135 Å². The van der Waals surface area contributed by atoms with Crippen molar-refractivity contribution in [2.24, 2.45) is 7.05 Å². The summed E-state index contributed by atoms with van der Waals surface area (Å²) in [6, 6.07) is 2.15. The molecule has 2 aromatic rings. The highest BCUT2D eigenvalue weighted by molar-refractivity contribution is 5.97. The number of rotatable bonds is 4. The molecule has 7 heteroatoms. The zero-order valence-corrected chi connectivity index (χ0v) is 13.9. The van der Waals surface area contributed by atoms with Gasteiger partial charge in [-0.15, -0.1) is 0 Å². The van der Waals surface area contributed by atoms with Crippen LogP contribution in [0.25, 0.3) is 11.0 Å². The summed E-state index contributed by atoms with van der Waals surface area (Å²) in [5.74, 6) is -0.0947. The molecule has 7 nitrogen and oxygen atoms in total. The van der Waals surface area contributed by atoms with E-state index in [1.54, 1.807) is 10.9 Å². The quantitative estimate of drug-likeness (QED) is 0.900. The number of fused-ring (bicyclic) bond motifs is 1. The Hall–Kier alpha value is -1.99. The topological polar surface area (TPSA) is 72.3 Å². The number of aryl methyl sites for hydroxylation is 2. The van der Waals surface area contributed by atoms with Crippen molar-refractivity contribution in [1.82, 2.24) is 25.0 Å². The molecule has 1 fully saturated rings. The molecule has 3 heterocycles. The third-order valence-corrected chi connectivity index (χ3v) is 4.35. The molecule has 1 aliphatic rings. The van der Waals surface area contributed by atoms with Crippen LogP contribution < -0.4 is 5.32 Å². The molecule has 1 N–H and O–H groups in total. The van der Waals surface area contributed by atoms with Gasteiger partial charge in [-0.05, 0) is 19.9 Å². The molecule has 1 saturated heterocycles. The Morgan fingerprint density at radius 3 is 2.91 bits per heavy atom. The van der Waals surface area contributed by atoms with E-state index in [0.29, 0.717) is 18.2 Å². The smallest absolute Gasteiger partial charge is 0.252 e. The maximum Gasteiger partial charge on any atom is 0.252 e. The van der Waals surface area contributed by atoms with Crippen LogP contribution in [-0.4, -0.2) is 64.5 Å². The van der Waals surface area contributed by atoms with Gasteiger partial charge < -0.3 is 10.1 Å². The number of nitrogens with zero attached hydrogens (tertiary/aromatic N) is 4. The van der Waals surface area contributed by atoms with E-state index >= 15 is 0 Å². The number of hydrogen-bond donors (Lipinski definition) is 1. The number of pyridine rings is 1. The number of aromatic nitrogens is 3. The first-order valence-corrected chi connectivity index (χ1v) is 7.95. The number of carbonyl (C=O) groups excluding carboxylic acids is 1. The van der Waals surface area contributed by atoms with E-state index in [1.165, 1.54) is 0 Å². The van der Waals surface area contributed by atoms with Gasteiger partial charge in [0.2, 0.25) is 0 Å². The van der Waals surface area contributed by atoms with Crippen molar-refractivity contribution in [3.63, 3.8) is 0 Å². The summed E-state index contributed by atoms with van der Waals surface area (Å²) in [6.45, 7) is 8.02. The first-order chi connectivity index (χ1) is 11.1. The first kappa shape index (κ1) is 15.9. The van der Waals surface area contributed by atoms with Crippen LogP contribution in [-0.2, 0) is 11.8 Å². The van der Waals surface area contributed by atoms with Crippen LogP contribution in [0.4, 0.5) is 0 Å². The number of amides is 1. The van der Waals surface area contributed by atoms with E-state index in [4.69, 9.17) is 4.74 Å². The number of nitrogens with one attached hydrogen (secondary N) is 1. The Morgan fingerprint density at radius 1 is 1.43 bits per heavy atom. The van der Waals surface area contributed by atoms with Crippen molar-refractivity contribution in [3.8, 4) is 0 Å². The molecule has 124 valence electrons. The van der Waals surface area contributed by atoms with Gasteiger partial charge in [0, 0.05) is 44.3 Å². The maximum atomic E-state index is 12.4. The highest BCUT2D eigenvalue weighted by Crippen LogP contribution is 2.16. The largest absolute Gasteiger partial charge is 0.379 e. The molecule has 0 radical (unpaired) electrons. The van der Waals surface area contributed by atoms with Crippen molar-refractivity contribution in [3.05, 3.63) is 23.5 Å². The highest BCUT2D eigenvalue weighted by atomic mass is 16.5. The highest BCUT2D eigenvalue weighted by Gasteiger charge is 2.18. The molecule has 0 saturated carbocycles. The zero-order valence-electron chi connectivity index (χ0n) is 13.9. The van der Waals surface area contributed by atoms with Gasteiger partial charge in [-0.3, -0.25) is 14.4 Å². The predicted molar refractivity (Wildman–Crippen MR) is 87.4 cm³/mol. The third kappa shape index (κ3) is 3.35. The number of hydrogen-bond acceptors (Lipinski definition) is 5. The fraction of sp³-hybridized carbons (Fsp3) is 0.562. The van der Waals surface area contributed by atoms with E-state index < -0.39 is 0 Å². The standard InChI is InChI=1S/C16H23N5O2/c1-11(21-4-6-23-7-5-21)9-18-16(22)13-8-14-12(2)19-20(3)15(14)17-10-13/h8,10-11H,4-7,9H2,1-3H3,(H,18,22). The molecule has 23 heavy (non-hydrogen) atoms. The van der Waals surface area contributed by atoms with Gasteiger partial charge in [0.15, 0.2) is 5.65 Å². The molecule has 1 unspecified atom stereocenters. The summed E-state index contributed by atoms with van der Waals surface area (Å²) in [5.41, 5.74) is 2.25. The Morgan fingerprint density at radius 2 is 2.17 bits per heavy atom. The summed E-state index contributed by atoms with van der Waals surface area (Å²) in [4.78, 5) is 19.1. The molecular formula is C16H23N5O2. The Kier molecular flexibility index (Phi) is 4.58. The summed E-state index contributed by atoms with van der Waals surface area (Å²) >= 11 is 0. The summed E-state index contributed by atoms with van der Waals surface area (Å²) in [5, 5.41) is 8.25. The van der Waals surface area contributed by atoms with E-state index in [2.05, 4.69) is 27.2 Å². The minimum Gasteiger partial charge on any atom is -0.379 e. The van der Waals surface area contributed by atoms with Gasteiger partial charge in [-0.25, -0.2) is 4.98 Å². The third-order valence-electron chi connectivity index (χ3n) is 4.35. The molecule has 0 aliphatic carbocycles. The first-order valence-electron chi connectivity index (χ1n) is 7.95.